The highest BCUT2D eigenvalue weighted by atomic mass is 16.3. The van der Waals surface area contributed by atoms with E-state index in [1.807, 2.05) is 25.2 Å². The molecule has 0 aliphatic heterocycles. The molecule has 0 unspecified atom stereocenters. The summed E-state index contributed by atoms with van der Waals surface area (Å²) >= 11 is 0. The van der Waals surface area contributed by atoms with Crippen LogP contribution in [0.1, 0.15) is 5.56 Å². The molecule has 1 aromatic heterocycles. The van der Waals surface area contributed by atoms with Gasteiger partial charge in [-0.3, -0.25) is 0 Å². The van der Waals surface area contributed by atoms with Crippen LogP contribution in [-0.2, 0) is 0 Å². The van der Waals surface area contributed by atoms with Gasteiger partial charge < -0.3 is 9.73 Å². The van der Waals surface area contributed by atoms with E-state index in [9.17, 15) is 0 Å². The Morgan fingerprint density at radius 1 is 1.06 bits per heavy atom. The minimum atomic E-state index is 0.937. The molecule has 0 bridgehead atoms. The Kier molecular flexibility index (Phi) is 1.90. The van der Waals surface area contributed by atoms with Crippen LogP contribution >= 0.6 is 0 Å². The number of rotatable bonds is 1. The average molecular weight is 211 g/mol. The third-order valence-electron chi connectivity index (χ3n) is 2.92. The Bertz CT molecular complexity index is 667. The van der Waals surface area contributed by atoms with E-state index in [4.69, 9.17) is 4.42 Å². The van der Waals surface area contributed by atoms with Crippen LogP contribution in [0.15, 0.2) is 40.8 Å². The van der Waals surface area contributed by atoms with Crippen molar-refractivity contribution in [1.29, 1.82) is 0 Å². The van der Waals surface area contributed by atoms with Gasteiger partial charge in [-0.25, -0.2) is 0 Å². The normalized spacial score (nSPS) is 11.1. The molecule has 0 aliphatic carbocycles. The quantitative estimate of drug-likeness (QED) is 0.659. The van der Waals surface area contributed by atoms with Crippen molar-refractivity contribution in [3.05, 3.63) is 42.0 Å². The highest BCUT2D eigenvalue weighted by molar-refractivity contribution is 6.11. The van der Waals surface area contributed by atoms with Crippen LogP contribution < -0.4 is 5.32 Å². The van der Waals surface area contributed by atoms with Crippen LogP contribution in [0.2, 0.25) is 0 Å². The Hall–Kier alpha value is -1.96. The van der Waals surface area contributed by atoms with Gasteiger partial charge in [0.15, 0.2) is 0 Å². The molecule has 1 heterocycles. The smallest absolute Gasteiger partial charge is 0.137 e. The van der Waals surface area contributed by atoms with Crippen LogP contribution in [-0.4, -0.2) is 7.05 Å². The second-order valence-corrected chi connectivity index (χ2v) is 4.03. The molecule has 3 aromatic rings. The van der Waals surface area contributed by atoms with Crippen molar-refractivity contribution in [2.75, 3.05) is 12.4 Å². The van der Waals surface area contributed by atoms with Gasteiger partial charge in [0.2, 0.25) is 0 Å². The van der Waals surface area contributed by atoms with Crippen LogP contribution in [0.4, 0.5) is 5.69 Å². The SMILES string of the molecule is CNc1cccc2oc3ccc(C)cc3c12. The summed E-state index contributed by atoms with van der Waals surface area (Å²) in [5.41, 5.74) is 4.25. The zero-order chi connectivity index (χ0) is 11.1. The average Bonchev–Trinajstić information content (AvgIpc) is 2.66. The molecule has 0 atom stereocenters. The maximum atomic E-state index is 5.81. The molecule has 0 radical (unpaired) electrons. The minimum Gasteiger partial charge on any atom is -0.456 e. The van der Waals surface area contributed by atoms with Crippen molar-refractivity contribution in [1.82, 2.24) is 0 Å². The van der Waals surface area contributed by atoms with E-state index in [0.717, 1.165) is 16.9 Å². The van der Waals surface area contributed by atoms with E-state index >= 15 is 0 Å². The topological polar surface area (TPSA) is 25.2 Å². The van der Waals surface area contributed by atoms with E-state index < -0.39 is 0 Å². The lowest BCUT2D eigenvalue weighted by atomic mass is 10.1. The summed E-state index contributed by atoms with van der Waals surface area (Å²) in [7, 11) is 1.93. The fraction of sp³-hybridized carbons (Fsp3) is 0.143. The molecule has 3 rings (SSSR count). The van der Waals surface area contributed by atoms with Gasteiger partial charge in [-0.2, -0.15) is 0 Å². The van der Waals surface area contributed by atoms with Gasteiger partial charge in [0.25, 0.3) is 0 Å². The molecule has 2 nitrogen and oxygen atoms in total. The van der Waals surface area contributed by atoms with Crippen molar-refractivity contribution in [2.24, 2.45) is 0 Å². The Morgan fingerprint density at radius 3 is 2.75 bits per heavy atom. The summed E-state index contributed by atoms with van der Waals surface area (Å²) in [5.74, 6) is 0. The Labute approximate surface area is 93.9 Å². The molecule has 2 heteroatoms. The summed E-state index contributed by atoms with van der Waals surface area (Å²) in [4.78, 5) is 0. The predicted octanol–water partition coefficient (Wildman–Crippen LogP) is 3.94. The van der Waals surface area contributed by atoms with Crippen molar-refractivity contribution >= 4 is 27.6 Å². The number of nitrogens with one attached hydrogen (secondary N) is 1. The highest BCUT2D eigenvalue weighted by Gasteiger charge is 2.09. The van der Waals surface area contributed by atoms with Gasteiger partial charge in [0, 0.05) is 18.1 Å². The monoisotopic (exact) mass is 211 g/mol. The largest absolute Gasteiger partial charge is 0.456 e. The number of aryl methyl sites for hydroxylation is 1. The van der Waals surface area contributed by atoms with Gasteiger partial charge in [0.05, 0.1) is 5.39 Å². The second kappa shape index (κ2) is 3.27. The van der Waals surface area contributed by atoms with Crippen LogP contribution in [0.25, 0.3) is 21.9 Å². The summed E-state index contributed by atoms with van der Waals surface area (Å²) in [6, 6.07) is 12.4. The Morgan fingerprint density at radius 2 is 1.94 bits per heavy atom. The van der Waals surface area contributed by atoms with Gasteiger partial charge >= 0.3 is 0 Å². The number of furan rings is 1. The third-order valence-corrected chi connectivity index (χ3v) is 2.92. The maximum Gasteiger partial charge on any atom is 0.137 e. The predicted molar refractivity (Wildman–Crippen MR) is 68.0 cm³/mol. The first-order chi connectivity index (χ1) is 7.79. The first kappa shape index (κ1) is 9.28. The molecule has 0 aliphatic rings. The standard InChI is InChI=1S/C14H13NO/c1-9-6-7-12-10(8-9)14-11(15-2)4-3-5-13(14)16-12/h3-8,15H,1-2H3. The number of anilines is 1. The highest BCUT2D eigenvalue weighted by Crippen LogP contribution is 2.34. The Balaban J connectivity index is 2.54. The second-order valence-electron chi connectivity index (χ2n) is 4.03. The summed E-state index contributed by atoms with van der Waals surface area (Å²) in [6.45, 7) is 2.10. The van der Waals surface area contributed by atoms with Gasteiger partial charge in [-0.1, -0.05) is 17.7 Å². The molecule has 0 fully saturated rings. The van der Waals surface area contributed by atoms with E-state index in [0.29, 0.717) is 0 Å². The van der Waals surface area contributed by atoms with E-state index in [1.165, 1.54) is 16.3 Å². The van der Waals surface area contributed by atoms with Crippen molar-refractivity contribution < 1.29 is 4.42 Å². The molecule has 0 spiro atoms. The molecule has 0 saturated carbocycles. The van der Waals surface area contributed by atoms with Crippen molar-refractivity contribution in [3.8, 4) is 0 Å². The van der Waals surface area contributed by atoms with E-state index in [1.54, 1.807) is 0 Å². The van der Waals surface area contributed by atoms with Crippen molar-refractivity contribution in [2.45, 2.75) is 6.92 Å². The lowest BCUT2D eigenvalue weighted by Gasteiger charge is -2.00. The lowest BCUT2D eigenvalue weighted by molar-refractivity contribution is 0.669. The fourth-order valence-corrected chi connectivity index (χ4v) is 2.15. The van der Waals surface area contributed by atoms with Crippen LogP contribution in [0, 0.1) is 6.92 Å². The van der Waals surface area contributed by atoms with Crippen LogP contribution in [0.5, 0.6) is 0 Å². The van der Waals surface area contributed by atoms with Crippen LogP contribution in [0.3, 0.4) is 0 Å². The first-order valence-electron chi connectivity index (χ1n) is 5.39. The third kappa shape index (κ3) is 1.20. The lowest BCUT2D eigenvalue weighted by Crippen LogP contribution is -1.87. The molecular formula is C14H13NO. The number of hydrogen-bond donors (Lipinski definition) is 1. The number of fused-ring (bicyclic) bond motifs is 3. The van der Waals surface area contributed by atoms with E-state index in [-0.39, 0.29) is 0 Å². The van der Waals surface area contributed by atoms with Crippen molar-refractivity contribution in [3.63, 3.8) is 0 Å². The molecule has 2 aromatic carbocycles. The van der Waals surface area contributed by atoms with Gasteiger partial charge in [0.1, 0.15) is 11.2 Å². The molecule has 0 amide bonds. The number of hydrogen-bond acceptors (Lipinski definition) is 2. The summed E-state index contributed by atoms with van der Waals surface area (Å²) in [6.07, 6.45) is 0. The van der Waals surface area contributed by atoms with Gasteiger partial charge in [-0.05, 0) is 31.2 Å². The molecule has 80 valence electrons. The maximum absolute atomic E-state index is 5.81. The first-order valence-corrected chi connectivity index (χ1v) is 5.39. The van der Waals surface area contributed by atoms with E-state index in [2.05, 4.69) is 30.4 Å². The number of benzene rings is 2. The zero-order valence-electron chi connectivity index (χ0n) is 9.37. The molecule has 0 saturated heterocycles. The zero-order valence-corrected chi connectivity index (χ0v) is 9.37. The minimum absolute atomic E-state index is 0.937. The molecular weight excluding hydrogens is 198 g/mol. The fourth-order valence-electron chi connectivity index (χ4n) is 2.15. The molecule has 1 N–H and O–H groups in total. The molecule has 16 heavy (non-hydrogen) atoms. The summed E-state index contributed by atoms with van der Waals surface area (Å²) in [5, 5.41) is 5.56. The van der Waals surface area contributed by atoms with Gasteiger partial charge in [-0.15, -0.1) is 0 Å². The summed E-state index contributed by atoms with van der Waals surface area (Å²) < 4.78 is 5.81.